The lowest BCUT2D eigenvalue weighted by Crippen LogP contribution is -2.39. The molecule has 1 aromatic carbocycles. The number of nitrogens with zero attached hydrogens (tertiary/aromatic N) is 3. The zero-order valence-electron chi connectivity index (χ0n) is 16.5. The molecule has 1 saturated heterocycles. The first kappa shape index (κ1) is 21.9. The fourth-order valence-corrected chi connectivity index (χ4v) is 5.47. The van der Waals surface area contributed by atoms with E-state index in [0.717, 1.165) is 12.3 Å². The van der Waals surface area contributed by atoms with E-state index in [4.69, 9.17) is 21.3 Å². The molecule has 8 nitrogen and oxygen atoms in total. The van der Waals surface area contributed by atoms with E-state index in [-0.39, 0.29) is 23.6 Å². The Balaban J connectivity index is 1.89. The molecule has 31 heavy (non-hydrogen) atoms. The largest absolute Gasteiger partial charge is 0.466 e. The molecule has 0 radical (unpaired) electrons. The van der Waals surface area contributed by atoms with Gasteiger partial charge in [0.05, 0.1) is 18.9 Å². The van der Waals surface area contributed by atoms with E-state index in [2.05, 4.69) is 9.71 Å². The molecule has 2 aliphatic rings. The quantitative estimate of drug-likeness (QED) is 0.654. The molecule has 1 N–H and O–H groups in total. The van der Waals surface area contributed by atoms with Crippen LogP contribution in [0, 0.1) is 5.82 Å². The van der Waals surface area contributed by atoms with Crippen molar-refractivity contribution >= 4 is 44.8 Å². The molecule has 1 aromatic heterocycles. The van der Waals surface area contributed by atoms with Crippen molar-refractivity contribution in [2.24, 2.45) is 4.99 Å². The highest BCUT2D eigenvalue weighted by Gasteiger charge is 2.43. The molecule has 0 saturated carbocycles. The van der Waals surface area contributed by atoms with Crippen LogP contribution in [0.4, 0.5) is 4.39 Å². The minimum Gasteiger partial charge on any atom is -0.466 e. The van der Waals surface area contributed by atoms with Gasteiger partial charge in [-0.3, -0.25) is 4.99 Å². The summed E-state index contributed by atoms with van der Waals surface area (Å²) in [5.74, 6) is -0.644. The normalized spacial score (nSPS) is 21.2. The lowest BCUT2D eigenvalue weighted by Gasteiger charge is -2.31. The molecule has 0 bridgehead atoms. The molecular formula is C19H18ClFN4O4S2. The molecule has 2 aliphatic heterocycles. The van der Waals surface area contributed by atoms with E-state index in [1.807, 2.05) is 0 Å². The fraction of sp³-hybridized carbons (Fsp3) is 0.316. The molecule has 2 atom stereocenters. The lowest BCUT2D eigenvalue weighted by atomic mass is 9.94. The molecule has 4 rings (SSSR count). The Kier molecular flexibility index (Phi) is 5.86. The van der Waals surface area contributed by atoms with E-state index in [9.17, 15) is 17.6 Å². The number of ether oxygens (including phenoxy) is 1. The summed E-state index contributed by atoms with van der Waals surface area (Å²) in [6.45, 7) is 0.269. The Hall–Kier alpha value is -2.34. The van der Waals surface area contributed by atoms with Crippen LogP contribution in [0.2, 0.25) is 5.02 Å². The summed E-state index contributed by atoms with van der Waals surface area (Å²) in [5, 5.41) is 2.51. The van der Waals surface area contributed by atoms with E-state index < -0.39 is 33.9 Å². The average molecular weight is 485 g/mol. The van der Waals surface area contributed by atoms with Crippen LogP contribution in [0.25, 0.3) is 0 Å². The third-order valence-electron chi connectivity index (χ3n) is 4.93. The van der Waals surface area contributed by atoms with Crippen LogP contribution in [0.1, 0.15) is 23.0 Å². The maximum atomic E-state index is 13.7. The lowest BCUT2D eigenvalue weighted by molar-refractivity contribution is -0.136. The third-order valence-corrected chi connectivity index (χ3v) is 6.78. The average Bonchev–Trinajstić information content (AvgIpc) is 3.34. The van der Waals surface area contributed by atoms with Crippen LogP contribution < -0.4 is 4.72 Å². The van der Waals surface area contributed by atoms with Gasteiger partial charge in [-0.2, -0.15) is 0 Å². The van der Waals surface area contributed by atoms with Crippen molar-refractivity contribution in [3.05, 3.63) is 62.5 Å². The topological polar surface area (TPSA) is 101 Å². The number of esters is 1. The number of fused-ring (bicyclic) bond motifs is 1. The van der Waals surface area contributed by atoms with Crippen molar-refractivity contribution in [3.8, 4) is 0 Å². The zero-order chi connectivity index (χ0) is 22.3. The number of sulfonamides is 1. The van der Waals surface area contributed by atoms with Gasteiger partial charge < -0.3 is 9.64 Å². The number of amidine groups is 1. The second-order valence-electron chi connectivity index (χ2n) is 7.11. The van der Waals surface area contributed by atoms with Gasteiger partial charge in [0.2, 0.25) is 10.0 Å². The second-order valence-corrected chi connectivity index (χ2v) is 10.2. The second kappa shape index (κ2) is 8.30. The summed E-state index contributed by atoms with van der Waals surface area (Å²) in [6.07, 6.45) is 2.96. The number of halogens is 2. The Morgan fingerprint density at radius 2 is 2.19 bits per heavy atom. The van der Waals surface area contributed by atoms with Gasteiger partial charge in [0.15, 0.2) is 10.8 Å². The molecule has 164 valence electrons. The fourth-order valence-electron chi connectivity index (χ4n) is 3.80. The summed E-state index contributed by atoms with van der Waals surface area (Å²) < 4.78 is 44.9. The number of hydrogen-bond donors (Lipinski definition) is 1. The van der Waals surface area contributed by atoms with E-state index in [0.29, 0.717) is 22.1 Å². The molecule has 3 heterocycles. The van der Waals surface area contributed by atoms with Crippen LogP contribution in [-0.4, -0.2) is 56.1 Å². The number of carbonyl (C=O) groups excluding carboxylic acids is 1. The van der Waals surface area contributed by atoms with Gasteiger partial charge in [-0.15, -0.1) is 11.3 Å². The standard InChI is InChI=1S/C19H18ClFN4O4S2/c1-29-19(26)15-14-8-11(24-31(2,27)28)9-25(14)17(18-22-5-6-30-18)23-16(15)12-4-3-10(21)7-13(12)20/h3-7,11,16,24H,8-9H2,1-2H3/t11-,16+/m0/s1. The highest BCUT2D eigenvalue weighted by Crippen LogP contribution is 2.42. The van der Waals surface area contributed by atoms with E-state index >= 15 is 0 Å². The van der Waals surface area contributed by atoms with Crippen molar-refractivity contribution in [1.82, 2.24) is 14.6 Å². The maximum absolute atomic E-state index is 13.7. The van der Waals surface area contributed by atoms with Crippen LogP contribution in [0.3, 0.4) is 0 Å². The number of nitrogens with one attached hydrogen (secondary N) is 1. The molecular weight excluding hydrogens is 467 g/mol. The highest BCUT2D eigenvalue weighted by molar-refractivity contribution is 7.88. The predicted molar refractivity (Wildman–Crippen MR) is 115 cm³/mol. The first-order chi connectivity index (χ1) is 14.7. The molecule has 2 aromatic rings. The number of aromatic nitrogens is 1. The SMILES string of the molecule is COC(=O)C1=C2C[C@H](NS(C)(=O)=O)CN2C(c2nccs2)=N[C@@H]1c1ccc(F)cc1Cl. The van der Waals surface area contributed by atoms with Gasteiger partial charge in [0.1, 0.15) is 11.9 Å². The molecule has 0 aliphatic carbocycles. The van der Waals surface area contributed by atoms with Crippen LogP contribution in [-0.2, 0) is 19.6 Å². The van der Waals surface area contributed by atoms with Crippen LogP contribution in [0.15, 0.2) is 46.0 Å². The van der Waals surface area contributed by atoms with Crippen LogP contribution in [0.5, 0.6) is 0 Å². The number of carbonyl (C=O) groups is 1. The third kappa shape index (κ3) is 4.36. The first-order valence-corrected chi connectivity index (χ1v) is 12.3. The molecule has 1 fully saturated rings. The summed E-state index contributed by atoms with van der Waals surface area (Å²) in [6, 6.07) is 2.55. The van der Waals surface area contributed by atoms with Gasteiger partial charge in [0.25, 0.3) is 0 Å². The summed E-state index contributed by atoms with van der Waals surface area (Å²) in [7, 11) is -2.22. The van der Waals surface area contributed by atoms with Gasteiger partial charge in [-0.05, 0) is 12.1 Å². The first-order valence-electron chi connectivity index (χ1n) is 9.16. The minimum atomic E-state index is -3.47. The smallest absolute Gasteiger partial charge is 0.338 e. The molecule has 0 spiro atoms. The molecule has 12 heteroatoms. The Labute approximate surface area is 187 Å². The molecule has 0 unspecified atom stereocenters. The monoisotopic (exact) mass is 484 g/mol. The van der Waals surface area contributed by atoms with Gasteiger partial charge in [-0.25, -0.2) is 27.3 Å². The number of hydrogen-bond acceptors (Lipinski definition) is 8. The summed E-state index contributed by atoms with van der Waals surface area (Å²) in [5.41, 5.74) is 1.23. The van der Waals surface area contributed by atoms with Gasteiger partial charge in [-0.1, -0.05) is 17.7 Å². The summed E-state index contributed by atoms with van der Waals surface area (Å²) in [4.78, 5) is 23.7. The maximum Gasteiger partial charge on any atom is 0.338 e. The number of rotatable bonds is 5. The minimum absolute atomic E-state index is 0.117. The number of methoxy groups -OCH3 is 1. The Morgan fingerprint density at radius 3 is 2.81 bits per heavy atom. The predicted octanol–water partition coefficient (Wildman–Crippen LogP) is 2.49. The van der Waals surface area contributed by atoms with Crippen LogP contribution >= 0.6 is 22.9 Å². The zero-order valence-corrected chi connectivity index (χ0v) is 18.9. The number of thiazole rings is 1. The number of benzene rings is 1. The van der Waals surface area contributed by atoms with Crippen molar-refractivity contribution in [2.75, 3.05) is 19.9 Å². The van der Waals surface area contributed by atoms with Gasteiger partial charge >= 0.3 is 5.97 Å². The van der Waals surface area contributed by atoms with Crippen molar-refractivity contribution < 1.29 is 22.3 Å². The van der Waals surface area contributed by atoms with Crippen molar-refractivity contribution in [2.45, 2.75) is 18.5 Å². The number of aliphatic imine (C=N–C) groups is 1. The van der Waals surface area contributed by atoms with E-state index in [1.54, 1.807) is 16.5 Å². The summed E-state index contributed by atoms with van der Waals surface area (Å²) >= 11 is 7.66. The Morgan fingerprint density at radius 1 is 1.42 bits per heavy atom. The molecule has 0 amide bonds. The van der Waals surface area contributed by atoms with E-state index in [1.165, 1.54) is 30.6 Å². The highest BCUT2D eigenvalue weighted by atomic mass is 35.5. The van der Waals surface area contributed by atoms with Crippen molar-refractivity contribution in [1.29, 1.82) is 0 Å². The Bertz CT molecular complexity index is 1200. The van der Waals surface area contributed by atoms with Crippen molar-refractivity contribution in [3.63, 3.8) is 0 Å². The van der Waals surface area contributed by atoms with Gasteiger partial charge in [0, 0.05) is 46.9 Å².